The third kappa shape index (κ3) is 1.60. The van der Waals surface area contributed by atoms with Crippen molar-refractivity contribution >= 4 is 5.69 Å². The Hall–Kier alpha value is -1.42. The number of aliphatic hydroxyl groups is 1. The summed E-state index contributed by atoms with van der Waals surface area (Å²) in [5, 5.41) is 19.0. The second kappa shape index (κ2) is 3.32. The van der Waals surface area contributed by atoms with Gasteiger partial charge in [0.25, 0.3) is 5.69 Å². The number of aryl methyl sites for hydroxylation is 1. The van der Waals surface area contributed by atoms with Crippen molar-refractivity contribution in [3.8, 4) is 0 Å². The maximum absolute atomic E-state index is 10.4. The molecule has 4 nitrogen and oxygen atoms in total. The quantitative estimate of drug-likeness (QED) is 0.538. The molecule has 4 heteroatoms. The number of benzene rings is 1. The minimum atomic E-state index is -0.470. The van der Waals surface area contributed by atoms with Gasteiger partial charge in [-0.1, -0.05) is 12.1 Å². The fourth-order valence-electron chi connectivity index (χ4n) is 0.903. The molecule has 0 spiro atoms. The summed E-state index contributed by atoms with van der Waals surface area (Å²) in [4.78, 5) is 9.93. The molecule has 0 amide bonds. The van der Waals surface area contributed by atoms with Crippen LogP contribution in [0.3, 0.4) is 0 Å². The molecule has 0 saturated heterocycles. The van der Waals surface area contributed by atoms with E-state index in [0.29, 0.717) is 11.1 Å². The van der Waals surface area contributed by atoms with E-state index in [0.717, 1.165) is 6.61 Å². The SMILES string of the molecule is Cc1ccc([CH]O)cc1[N+](=O)[O-]. The molecule has 1 rings (SSSR count). The van der Waals surface area contributed by atoms with Gasteiger partial charge in [-0.15, -0.1) is 0 Å². The van der Waals surface area contributed by atoms with Gasteiger partial charge in [-0.3, -0.25) is 10.1 Å². The summed E-state index contributed by atoms with van der Waals surface area (Å²) in [6, 6.07) is 4.54. The highest BCUT2D eigenvalue weighted by molar-refractivity contribution is 5.43. The van der Waals surface area contributed by atoms with Gasteiger partial charge >= 0.3 is 0 Å². The Morgan fingerprint density at radius 3 is 2.75 bits per heavy atom. The maximum atomic E-state index is 10.4. The average molecular weight is 166 g/mol. The molecule has 63 valence electrons. The number of nitro groups is 1. The summed E-state index contributed by atoms with van der Waals surface area (Å²) in [5.41, 5.74) is 1.05. The van der Waals surface area contributed by atoms with Crippen LogP contribution >= 0.6 is 0 Å². The Kier molecular flexibility index (Phi) is 2.40. The topological polar surface area (TPSA) is 63.4 Å². The zero-order valence-electron chi connectivity index (χ0n) is 6.52. The first-order valence-corrected chi connectivity index (χ1v) is 3.37. The van der Waals surface area contributed by atoms with Crippen LogP contribution in [-0.4, -0.2) is 10.0 Å². The lowest BCUT2D eigenvalue weighted by atomic mass is 10.1. The van der Waals surface area contributed by atoms with E-state index >= 15 is 0 Å². The van der Waals surface area contributed by atoms with Crippen molar-refractivity contribution in [1.29, 1.82) is 0 Å². The standard InChI is InChI=1S/C8H8NO3/c1-6-2-3-7(5-10)4-8(6)9(11)12/h2-5,10H,1H3. The van der Waals surface area contributed by atoms with Gasteiger partial charge in [-0.2, -0.15) is 0 Å². The van der Waals surface area contributed by atoms with Crippen LogP contribution in [0.5, 0.6) is 0 Å². The number of hydrogen-bond acceptors (Lipinski definition) is 3. The second-order valence-electron chi connectivity index (χ2n) is 2.43. The zero-order valence-corrected chi connectivity index (χ0v) is 6.52. The van der Waals surface area contributed by atoms with Crippen LogP contribution in [0, 0.1) is 23.6 Å². The van der Waals surface area contributed by atoms with Gasteiger partial charge < -0.3 is 5.11 Å². The Morgan fingerprint density at radius 2 is 2.25 bits per heavy atom. The molecule has 0 aromatic heterocycles. The van der Waals surface area contributed by atoms with Crippen LogP contribution < -0.4 is 0 Å². The van der Waals surface area contributed by atoms with Crippen molar-refractivity contribution in [3.63, 3.8) is 0 Å². The average Bonchev–Trinajstić information content (AvgIpc) is 2.05. The minimum Gasteiger partial charge on any atom is -0.385 e. The van der Waals surface area contributed by atoms with Crippen molar-refractivity contribution in [2.45, 2.75) is 6.92 Å². The van der Waals surface area contributed by atoms with E-state index < -0.39 is 4.92 Å². The Balaban J connectivity index is 3.17. The number of nitro benzene ring substituents is 1. The van der Waals surface area contributed by atoms with Gasteiger partial charge in [0.05, 0.1) is 4.92 Å². The molecule has 1 aromatic rings. The normalized spacial score (nSPS) is 9.83. The maximum Gasteiger partial charge on any atom is 0.272 e. The Bertz CT molecular complexity index is 309. The lowest BCUT2D eigenvalue weighted by Gasteiger charge is -1.98. The first kappa shape index (κ1) is 8.67. The smallest absolute Gasteiger partial charge is 0.272 e. The lowest BCUT2D eigenvalue weighted by molar-refractivity contribution is -0.385. The molecule has 0 aliphatic heterocycles. The van der Waals surface area contributed by atoms with Crippen LogP contribution in [-0.2, 0) is 0 Å². The molecule has 0 saturated carbocycles. The summed E-state index contributed by atoms with van der Waals surface area (Å²) in [7, 11) is 0. The first-order valence-electron chi connectivity index (χ1n) is 3.37. The highest BCUT2D eigenvalue weighted by atomic mass is 16.6. The molecule has 1 N–H and O–H groups in total. The molecular formula is C8H8NO3. The van der Waals surface area contributed by atoms with Crippen LogP contribution in [0.4, 0.5) is 5.69 Å². The molecule has 1 aromatic carbocycles. The summed E-state index contributed by atoms with van der Waals surface area (Å²) in [6.07, 6.45) is 0. The summed E-state index contributed by atoms with van der Waals surface area (Å²) in [6.45, 7) is 2.49. The van der Waals surface area contributed by atoms with Gasteiger partial charge in [0.15, 0.2) is 0 Å². The molecule has 0 heterocycles. The van der Waals surface area contributed by atoms with E-state index in [1.54, 1.807) is 19.1 Å². The van der Waals surface area contributed by atoms with Gasteiger partial charge in [0, 0.05) is 11.6 Å². The Morgan fingerprint density at radius 1 is 1.58 bits per heavy atom. The second-order valence-corrected chi connectivity index (χ2v) is 2.43. The van der Waals surface area contributed by atoms with E-state index in [-0.39, 0.29) is 5.69 Å². The van der Waals surface area contributed by atoms with E-state index in [9.17, 15) is 10.1 Å². The fourth-order valence-corrected chi connectivity index (χ4v) is 0.903. The predicted molar refractivity (Wildman–Crippen MR) is 43.2 cm³/mol. The van der Waals surface area contributed by atoms with E-state index in [1.807, 2.05) is 0 Å². The number of nitrogens with zero attached hydrogens (tertiary/aromatic N) is 1. The van der Waals surface area contributed by atoms with Crippen LogP contribution in [0.2, 0.25) is 0 Å². The molecule has 0 atom stereocenters. The van der Waals surface area contributed by atoms with Crippen LogP contribution in [0.15, 0.2) is 18.2 Å². The molecule has 12 heavy (non-hydrogen) atoms. The van der Waals surface area contributed by atoms with Crippen molar-refractivity contribution in [3.05, 3.63) is 46.0 Å². The number of rotatable bonds is 2. The van der Waals surface area contributed by atoms with Crippen molar-refractivity contribution in [1.82, 2.24) is 0 Å². The van der Waals surface area contributed by atoms with Gasteiger partial charge in [0.1, 0.15) is 6.61 Å². The van der Waals surface area contributed by atoms with Gasteiger partial charge in [-0.25, -0.2) is 0 Å². The van der Waals surface area contributed by atoms with Crippen molar-refractivity contribution in [2.24, 2.45) is 0 Å². The van der Waals surface area contributed by atoms with Crippen LogP contribution in [0.1, 0.15) is 11.1 Å². The lowest BCUT2D eigenvalue weighted by Crippen LogP contribution is -1.92. The van der Waals surface area contributed by atoms with Gasteiger partial charge in [-0.05, 0) is 12.5 Å². The molecule has 0 unspecified atom stereocenters. The fraction of sp³-hybridized carbons (Fsp3) is 0.125. The number of aliphatic hydroxyl groups excluding tert-OH is 1. The highest BCUT2D eigenvalue weighted by Crippen LogP contribution is 2.19. The largest absolute Gasteiger partial charge is 0.385 e. The zero-order chi connectivity index (χ0) is 9.14. The van der Waals surface area contributed by atoms with E-state index in [4.69, 9.17) is 5.11 Å². The molecule has 0 bridgehead atoms. The molecule has 0 fully saturated rings. The van der Waals surface area contributed by atoms with E-state index in [2.05, 4.69) is 0 Å². The third-order valence-corrected chi connectivity index (χ3v) is 1.58. The summed E-state index contributed by atoms with van der Waals surface area (Å²) >= 11 is 0. The third-order valence-electron chi connectivity index (χ3n) is 1.58. The van der Waals surface area contributed by atoms with E-state index in [1.165, 1.54) is 6.07 Å². The van der Waals surface area contributed by atoms with Crippen molar-refractivity contribution < 1.29 is 10.0 Å². The van der Waals surface area contributed by atoms with Gasteiger partial charge in [0.2, 0.25) is 0 Å². The molecule has 1 radical (unpaired) electrons. The monoisotopic (exact) mass is 166 g/mol. The predicted octanol–water partition coefficient (Wildman–Crippen LogP) is 1.79. The number of hydrogen-bond donors (Lipinski definition) is 1. The first-order chi connectivity index (χ1) is 5.65. The molecule has 0 aliphatic carbocycles. The van der Waals surface area contributed by atoms with Crippen molar-refractivity contribution in [2.75, 3.05) is 0 Å². The van der Waals surface area contributed by atoms with Crippen LogP contribution in [0.25, 0.3) is 0 Å². The Labute approximate surface area is 69.6 Å². The molecule has 0 aliphatic rings. The minimum absolute atomic E-state index is 0.0257. The highest BCUT2D eigenvalue weighted by Gasteiger charge is 2.09. The summed E-state index contributed by atoms with van der Waals surface area (Å²) in [5.74, 6) is 0. The summed E-state index contributed by atoms with van der Waals surface area (Å²) < 4.78 is 0. The molecular weight excluding hydrogens is 158 g/mol.